The normalized spacial score (nSPS) is 14.3. The average molecular weight is 456 g/mol. The molecule has 31 heavy (non-hydrogen) atoms. The molecule has 3 aromatic rings. The Morgan fingerprint density at radius 3 is 2.84 bits per heavy atom. The van der Waals surface area contributed by atoms with Gasteiger partial charge < -0.3 is 9.73 Å². The molecule has 0 unspecified atom stereocenters. The van der Waals surface area contributed by atoms with Crippen LogP contribution in [-0.4, -0.2) is 24.1 Å². The zero-order valence-corrected chi connectivity index (χ0v) is 18.6. The van der Waals surface area contributed by atoms with Crippen LogP contribution in [0.3, 0.4) is 0 Å². The van der Waals surface area contributed by atoms with Crippen LogP contribution >= 0.6 is 22.9 Å². The number of carbonyl (C=O) groups is 2. The molecule has 0 aliphatic heterocycles. The maximum atomic E-state index is 12.7. The molecule has 0 radical (unpaired) electrons. The Kier molecular flexibility index (Phi) is 6.53. The number of furan rings is 1. The quantitative estimate of drug-likeness (QED) is 0.526. The van der Waals surface area contributed by atoms with Crippen molar-refractivity contribution in [2.24, 2.45) is 5.10 Å². The Labute approximate surface area is 189 Å². The van der Waals surface area contributed by atoms with Gasteiger partial charge in [0.2, 0.25) is 0 Å². The molecule has 1 aliphatic rings. The smallest absolute Gasteiger partial charge is 0.287 e. The third kappa shape index (κ3) is 4.89. The number of hydrogen-bond donors (Lipinski definition) is 2. The number of nitrogens with one attached hydrogen (secondary N) is 2. The number of hydrogen-bond acceptors (Lipinski definition) is 5. The lowest BCUT2D eigenvalue weighted by Crippen LogP contribution is -2.26. The summed E-state index contributed by atoms with van der Waals surface area (Å²) in [7, 11) is 0. The first-order valence-corrected chi connectivity index (χ1v) is 11.3. The molecule has 0 saturated heterocycles. The summed E-state index contributed by atoms with van der Waals surface area (Å²) in [6.07, 6.45) is 3.05. The molecule has 0 atom stereocenters. The summed E-state index contributed by atoms with van der Waals surface area (Å²) in [6.45, 7) is 2.40. The van der Waals surface area contributed by atoms with Gasteiger partial charge >= 0.3 is 0 Å². The summed E-state index contributed by atoms with van der Waals surface area (Å²) in [6, 6.07) is 10.7. The first-order chi connectivity index (χ1) is 15.0. The predicted octanol–water partition coefficient (Wildman–Crippen LogP) is 4.75. The molecular formula is C23H22ClN3O3S. The summed E-state index contributed by atoms with van der Waals surface area (Å²) in [5.74, 6) is 0.482. The second-order valence-corrected chi connectivity index (χ2v) is 8.77. The molecule has 4 rings (SSSR count). The molecule has 160 valence electrons. The van der Waals surface area contributed by atoms with E-state index in [1.54, 1.807) is 35.6 Å². The van der Waals surface area contributed by atoms with E-state index >= 15 is 0 Å². The van der Waals surface area contributed by atoms with Crippen molar-refractivity contribution in [3.8, 4) is 0 Å². The van der Waals surface area contributed by atoms with Crippen molar-refractivity contribution in [3.05, 3.63) is 79.9 Å². The van der Waals surface area contributed by atoms with E-state index in [0.717, 1.165) is 41.9 Å². The maximum absolute atomic E-state index is 12.7. The van der Waals surface area contributed by atoms with Gasteiger partial charge in [-0.05, 0) is 55.8 Å². The Balaban J connectivity index is 1.47. The molecule has 0 spiro atoms. The molecule has 2 N–H and O–H groups in total. The lowest BCUT2D eigenvalue weighted by atomic mass is 9.93. The van der Waals surface area contributed by atoms with Gasteiger partial charge in [0.15, 0.2) is 5.76 Å². The van der Waals surface area contributed by atoms with Gasteiger partial charge in [0.1, 0.15) is 5.76 Å². The standard InChI is InChI=1S/C23H22ClN3O3S/c1-14-20-18(26-27-22(28)15-5-2-6-16(24)13-15)8-3-9-19(20)30-21(14)23(29)25-11-10-17-7-4-12-31-17/h2,4-7,12-13H,3,8-11H2,1H3,(H,25,29)(H,27,28)/b26-18+. The minimum absolute atomic E-state index is 0.231. The van der Waals surface area contributed by atoms with Crippen LogP contribution in [0.2, 0.25) is 5.02 Å². The van der Waals surface area contributed by atoms with Crippen molar-refractivity contribution in [1.29, 1.82) is 0 Å². The highest BCUT2D eigenvalue weighted by atomic mass is 35.5. The second-order valence-electron chi connectivity index (χ2n) is 7.30. The van der Waals surface area contributed by atoms with Gasteiger partial charge in [0.25, 0.3) is 11.8 Å². The van der Waals surface area contributed by atoms with Gasteiger partial charge in [-0.25, -0.2) is 5.43 Å². The Morgan fingerprint density at radius 2 is 2.06 bits per heavy atom. The molecule has 0 bridgehead atoms. The largest absolute Gasteiger partial charge is 0.455 e. The zero-order valence-electron chi connectivity index (χ0n) is 17.0. The fraction of sp³-hybridized carbons (Fsp3) is 0.261. The SMILES string of the molecule is Cc1c(C(=O)NCCc2cccs2)oc2c1/C(=N/NC(=O)c1cccc(Cl)c1)CCC2. The lowest BCUT2D eigenvalue weighted by Gasteiger charge is -2.13. The van der Waals surface area contributed by atoms with Gasteiger partial charge in [-0.2, -0.15) is 5.10 Å². The highest BCUT2D eigenvalue weighted by Gasteiger charge is 2.28. The number of hydrazone groups is 1. The van der Waals surface area contributed by atoms with Crippen LogP contribution in [0, 0.1) is 6.92 Å². The van der Waals surface area contributed by atoms with E-state index < -0.39 is 0 Å². The number of fused-ring (bicyclic) bond motifs is 1. The summed E-state index contributed by atoms with van der Waals surface area (Å²) < 4.78 is 5.90. The van der Waals surface area contributed by atoms with Crippen LogP contribution in [0.15, 0.2) is 51.3 Å². The molecule has 0 fully saturated rings. The number of aryl methyl sites for hydroxylation is 1. The van der Waals surface area contributed by atoms with Crippen molar-refractivity contribution < 1.29 is 14.0 Å². The molecule has 1 aliphatic carbocycles. The number of halogens is 1. The van der Waals surface area contributed by atoms with E-state index in [4.69, 9.17) is 16.0 Å². The molecule has 1 aromatic carbocycles. The Morgan fingerprint density at radius 1 is 1.19 bits per heavy atom. The monoisotopic (exact) mass is 455 g/mol. The summed E-state index contributed by atoms with van der Waals surface area (Å²) in [4.78, 5) is 26.3. The minimum atomic E-state index is -0.338. The van der Waals surface area contributed by atoms with E-state index in [1.165, 1.54) is 4.88 Å². The van der Waals surface area contributed by atoms with Crippen LogP contribution in [0.25, 0.3) is 0 Å². The zero-order chi connectivity index (χ0) is 21.8. The van der Waals surface area contributed by atoms with E-state index in [2.05, 4.69) is 15.8 Å². The minimum Gasteiger partial charge on any atom is -0.455 e. The molecule has 8 heteroatoms. The number of thiophene rings is 1. The van der Waals surface area contributed by atoms with Crippen LogP contribution in [-0.2, 0) is 12.8 Å². The van der Waals surface area contributed by atoms with Gasteiger partial charge in [0.05, 0.1) is 5.71 Å². The van der Waals surface area contributed by atoms with Gasteiger partial charge in [-0.1, -0.05) is 23.7 Å². The highest BCUT2D eigenvalue weighted by molar-refractivity contribution is 7.09. The van der Waals surface area contributed by atoms with Crippen molar-refractivity contribution in [1.82, 2.24) is 10.7 Å². The Hall–Kier alpha value is -2.90. The topological polar surface area (TPSA) is 83.7 Å². The summed E-state index contributed by atoms with van der Waals surface area (Å²) >= 11 is 7.63. The molecule has 2 amide bonds. The summed E-state index contributed by atoms with van der Waals surface area (Å²) in [5.41, 5.74) is 5.32. The number of carbonyl (C=O) groups excluding carboxylic acids is 2. The van der Waals surface area contributed by atoms with Crippen LogP contribution in [0.4, 0.5) is 0 Å². The van der Waals surface area contributed by atoms with Crippen molar-refractivity contribution in [2.75, 3.05) is 6.54 Å². The number of amides is 2. The molecular weight excluding hydrogens is 434 g/mol. The number of benzene rings is 1. The molecule has 6 nitrogen and oxygen atoms in total. The molecule has 0 saturated carbocycles. The van der Waals surface area contributed by atoms with E-state index in [-0.39, 0.29) is 11.8 Å². The second kappa shape index (κ2) is 9.49. The molecule has 2 aromatic heterocycles. The highest BCUT2D eigenvalue weighted by Crippen LogP contribution is 2.30. The van der Waals surface area contributed by atoms with E-state index in [0.29, 0.717) is 29.3 Å². The average Bonchev–Trinajstić information content (AvgIpc) is 3.40. The Bertz CT molecular complexity index is 1140. The van der Waals surface area contributed by atoms with Gasteiger partial charge in [0, 0.05) is 39.6 Å². The fourth-order valence-corrected chi connectivity index (χ4v) is 4.54. The van der Waals surface area contributed by atoms with Gasteiger partial charge in [-0.15, -0.1) is 11.3 Å². The van der Waals surface area contributed by atoms with E-state index in [1.807, 2.05) is 24.4 Å². The van der Waals surface area contributed by atoms with Crippen molar-refractivity contribution in [3.63, 3.8) is 0 Å². The number of nitrogens with zero attached hydrogens (tertiary/aromatic N) is 1. The van der Waals surface area contributed by atoms with E-state index in [9.17, 15) is 9.59 Å². The maximum Gasteiger partial charge on any atom is 0.287 e. The first kappa shape index (κ1) is 21.3. The lowest BCUT2D eigenvalue weighted by molar-refractivity contribution is 0.0922. The fourth-order valence-electron chi connectivity index (χ4n) is 3.64. The van der Waals surface area contributed by atoms with Crippen LogP contribution in [0.5, 0.6) is 0 Å². The predicted molar refractivity (Wildman–Crippen MR) is 122 cm³/mol. The third-order valence-electron chi connectivity index (χ3n) is 5.15. The van der Waals surface area contributed by atoms with Gasteiger partial charge in [-0.3, -0.25) is 9.59 Å². The molecule has 2 heterocycles. The first-order valence-electron chi connectivity index (χ1n) is 10.1. The summed E-state index contributed by atoms with van der Waals surface area (Å²) in [5, 5.41) is 9.78. The van der Waals surface area contributed by atoms with Crippen molar-refractivity contribution in [2.45, 2.75) is 32.6 Å². The number of rotatable bonds is 6. The third-order valence-corrected chi connectivity index (χ3v) is 6.32. The van der Waals surface area contributed by atoms with Crippen LogP contribution < -0.4 is 10.7 Å². The van der Waals surface area contributed by atoms with Crippen molar-refractivity contribution >= 4 is 40.5 Å². The van der Waals surface area contributed by atoms with Crippen LogP contribution in [0.1, 0.15) is 55.5 Å².